The molecule has 0 unspecified atom stereocenters. The van der Waals surface area contributed by atoms with Gasteiger partial charge in [0.15, 0.2) is 0 Å². The third kappa shape index (κ3) is 2.97. The number of anilines is 2. The van der Waals surface area contributed by atoms with E-state index in [0.29, 0.717) is 17.9 Å². The Labute approximate surface area is 104 Å². The van der Waals surface area contributed by atoms with E-state index in [4.69, 9.17) is 5.73 Å². The third-order valence-electron chi connectivity index (χ3n) is 2.51. The summed E-state index contributed by atoms with van der Waals surface area (Å²) < 4.78 is 13.5. The summed E-state index contributed by atoms with van der Waals surface area (Å²) in [6, 6.07) is 8.87. The van der Waals surface area contributed by atoms with Crippen molar-refractivity contribution in [1.82, 2.24) is 0 Å². The second-order valence-corrected chi connectivity index (χ2v) is 5.07. The summed E-state index contributed by atoms with van der Waals surface area (Å²) in [5.74, 6) is -0.308. The normalized spacial score (nSPS) is 10.5. The molecule has 0 fully saturated rings. The molecule has 17 heavy (non-hydrogen) atoms. The molecule has 2 aromatic rings. The zero-order valence-corrected chi connectivity index (χ0v) is 10.5. The number of nitrogens with one attached hydrogen (secondary N) is 1. The monoisotopic (exact) mass is 250 g/mol. The Morgan fingerprint density at radius 1 is 1.24 bits per heavy atom. The molecule has 0 atom stereocenters. The Balaban J connectivity index is 2.02. The van der Waals surface area contributed by atoms with Crippen LogP contribution in [0, 0.1) is 5.82 Å². The van der Waals surface area contributed by atoms with Crippen LogP contribution >= 0.6 is 11.3 Å². The maximum absolute atomic E-state index is 13.5. The number of hydrogen-bond donors (Lipinski definition) is 2. The number of thiophene rings is 1. The van der Waals surface area contributed by atoms with Crippen molar-refractivity contribution in [1.29, 1.82) is 0 Å². The van der Waals surface area contributed by atoms with Crippen molar-refractivity contribution in [2.75, 3.05) is 11.1 Å². The van der Waals surface area contributed by atoms with Gasteiger partial charge < -0.3 is 11.1 Å². The Kier molecular flexibility index (Phi) is 3.64. The molecule has 0 aliphatic rings. The van der Waals surface area contributed by atoms with E-state index in [-0.39, 0.29) is 5.82 Å². The first-order valence-electron chi connectivity index (χ1n) is 5.55. The maximum Gasteiger partial charge on any atom is 0.148 e. The fourth-order valence-electron chi connectivity index (χ4n) is 1.56. The number of hydrogen-bond acceptors (Lipinski definition) is 3. The van der Waals surface area contributed by atoms with E-state index in [9.17, 15) is 4.39 Å². The lowest BCUT2D eigenvalue weighted by atomic mass is 10.2. The predicted octanol–water partition coefficient (Wildman–Crippen LogP) is 3.64. The maximum atomic E-state index is 13.5. The second kappa shape index (κ2) is 5.19. The standard InChI is InChI=1S/C13H15FN2S/c1-2-10-4-5-11(17-10)8-16-13-6-3-9(15)7-12(13)14/h3-7,16H,2,8,15H2,1H3. The fourth-order valence-corrected chi connectivity index (χ4v) is 2.46. The number of rotatable bonds is 4. The predicted molar refractivity (Wildman–Crippen MR) is 71.8 cm³/mol. The number of halogens is 1. The molecule has 2 rings (SSSR count). The van der Waals surface area contributed by atoms with Crippen molar-refractivity contribution >= 4 is 22.7 Å². The van der Waals surface area contributed by atoms with E-state index in [1.807, 2.05) is 0 Å². The van der Waals surface area contributed by atoms with Gasteiger partial charge >= 0.3 is 0 Å². The molecule has 0 amide bonds. The lowest BCUT2D eigenvalue weighted by Gasteiger charge is -2.06. The highest BCUT2D eigenvalue weighted by molar-refractivity contribution is 7.12. The first-order chi connectivity index (χ1) is 8.19. The van der Waals surface area contributed by atoms with Crippen molar-refractivity contribution in [3.8, 4) is 0 Å². The smallest absolute Gasteiger partial charge is 0.148 e. The van der Waals surface area contributed by atoms with E-state index >= 15 is 0 Å². The average Bonchev–Trinajstić information content (AvgIpc) is 2.76. The van der Waals surface area contributed by atoms with Gasteiger partial charge in [-0.25, -0.2) is 4.39 Å². The Hall–Kier alpha value is -1.55. The molecule has 4 heteroatoms. The second-order valence-electron chi connectivity index (χ2n) is 3.81. The molecule has 1 aromatic carbocycles. The highest BCUT2D eigenvalue weighted by Gasteiger charge is 2.03. The van der Waals surface area contributed by atoms with Crippen molar-refractivity contribution < 1.29 is 4.39 Å². The summed E-state index contributed by atoms with van der Waals surface area (Å²) in [4.78, 5) is 2.55. The van der Waals surface area contributed by atoms with Gasteiger partial charge in [0.25, 0.3) is 0 Å². The number of nitrogen functional groups attached to an aromatic ring is 1. The molecule has 0 aliphatic carbocycles. The van der Waals surface area contributed by atoms with Gasteiger partial charge in [-0.05, 0) is 36.8 Å². The number of benzene rings is 1. The molecular formula is C13H15FN2S. The minimum atomic E-state index is -0.308. The van der Waals surface area contributed by atoms with Crippen molar-refractivity contribution in [3.63, 3.8) is 0 Å². The van der Waals surface area contributed by atoms with Crippen molar-refractivity contribution in [2.45, 2.75) is 19.9 Å². The summed E-state index contributed by atoms with van der Waals surface area (Å²) >= 11 is 1.75. The minimum absolute atomic E-state index is 0.308. The quantitative estimate of drug-likeness (QED) is 0.813. The van der Waals surface area contributed by atoms with E-state index in [1.54, 1.807) is 23.5 Å². The number of nitrogens with two attached hydrogens (primary N) is 1. The third-order valence-corrected chi connectivity index (χ3v) is 3.74. The molecule has 3 N–H and O–H groups in total. The Morgan fingerprint density at radius 3 is 2.65 bits per heavy atom. The van der Waals surface area contributed by atoms with Crippen LogP contribution in [-0.2, 0) is 13.0 Å². The summed E-state index contributed by atoms with van der Waals surface area (Å²) in [6.07, 6.45) is 1.04. The lowest BCUT2D eigenvalue weighted by Crippen LogP contribution is -2.00. The molecule has 90 valence electrons. The van der Waals surface area contributed by atoms with Crippen LogP contribution in [0.1, 0.15) is 16.7 Å². The molecule has 0 aliphatic heterocycles. The minimum Gasteiger partial charge on any atom is -0.399 e. The number of aryl methyl sites for hydroxylation is 1. The molecule has 0 saturated carbocycles. The van der Waals surface area contributed by atoms with Crippen LogP contribution in [0.15, 0.2) is 30.3 Å². The Bertz CT molecular complexity index is 508. The van der Waals surface area contributed by atoms with Crippen LogP contribution in [0.25, 0.3) is 0 Å². The summed E-state index contributed by atoms with van der Waals surface area (Å²) in [6.45, 7) is 2.77. The SMILES string of the molecule is CCc1ccc(CNc2ccc(N)cc2F)s1. The van der Waals surface area contributed by atoms with E-state index < -0.39 is 0 Å². The van der Waals surface area contributed by atoms with Crippen LogP contribution in [0.3, 0.4) is 0 Å². The van der Waals surface area contributed by atoms with Gasteiger partial charge in [0.2, 0.25) is 0 Å². The highest BCUT2D eigenvalue weighted by Crippen LogP contribution is 2.21. The largest absolute Gasteiger partial charge is 0.399 e. The van der Waals surface area contributed by atoms with E-state index in [2.05, 4.69) is 24.4 Å². The van der Waals surface area contributed by atoms with Crippen molar-refractivity contribution in [2.24, 2.45) is 0 Å². The zero-order valence-electron chi connectivity index (χ0n) is 9.66. The lowest BCUT2D eigenvalue weighted by molar-refractivity contribution is 0.631. The van der Waals surface area contributed by atoms with Gasteiger partial charge in [-0.1, -0.05) is 6.92 Å². The first kappa shape index (κ1) is 11.9. The molecule has 1 aromatic heterocycles. The van der Waals surface area contributed by atoms with E-state index in [0.717, 1.165) is 6.42 Å². The molecule has 0 radical (unpaired) electrons. The molecule has 0 spiro atoms. The first-order valence-corrected chi connectivity index (χ1v) is 6.37. The molecule has 0 bridgehead atoms. The Morgan fingerprint density at radius 2 is 2.00 bits per heavy atom. The van der Waals surface area contributed by atoms with Gasteiger partial charge in [-0.3, -0.25) is 0 Å². The molecule has 2 nitrogen and oxygen atoms in total. The van der Waals surface area contributed by atoms with E-state index in [1.165, 1.54) is 15.8 Å². The van der Waals surface area contributed by atoms with Gasteiger partial charge in [0.1, 0.15) is 5.82 Å². The molecule has 1 heterocycles. The average molecular weight is 250 g/mol. The van der Waals surface area contributed by atoms with Crippen LogP contribution in [-0.4, -0.2) is 0 Å². The fraction of sp³-hybridized carbons (Fsp3) is 0.231. The highest BCUT2D eigenvalue weighted by atomic mass is 32.1. The van der Waals surface area contributed by atoms with Crippen LogP contribution in [0.5, 0.6) is 0 Å². The topological polar surface area (TPSA) is 38.0 Å². The summed E-state index contributed by atoms with van der Waals surface area (Å²) in [5.41, 5.74) is 6.42. The van der Waals surface area contributed by atoms with Gasteiger partial charge in [-0.15, -0.1) is 11.3 Å². The zero-order chi connectivity index (χ0) is 12.3. The van der Waals surface area contributed by atoms with Crippen LogP contribution in [0.4, 0.5) is 15.8 Å². The van der Waals surface area contributed by atoms with Gasteiger partial charge in [0.05, 0.1) is 5.69 Å². The van der Waals surface area contributed by atoms with Gasteiger partial charge in [0, 0.05) is 22.0 Å². The molecular weight excluding hydrogens is 235 g/mol. The molecule has 0 saturated heterocycles. The van der Waals surface area contributed by atoms with Crippen LogP contribution < -0.4 is 11.1 Å². The van der Waals surface area contributed by atoms with Crippen molar-refractivity contribution in [3.05, 3.63) is 45.9 Å². The van der Waals surface area contributed by atoms with Crippen LogP contribution in [0.2, 0.25) is 0 Å². The summed E-state index contributed by atoms with van der Waals surface area (Å²) in [7, 11) is 0. The van der Waals surface area contributed by atoms with Gasteiger partial charge in [-0.2, -0.15) is 0 Å². The summed E-state index contributed by atoms with van der Waals surface area (Å²) in [5, 5.41) is 3.07.